The van der Waals surface area contributed by atoms with Crippen molar-refractivity contribution in [3.8, 4) is 0 Å². The van der Waals surface area contributed by atoms with Crippen molar-refractivity contribution in [3.05, 3.63) is 17.7 Å². The van der Waals surface area contributed by atoms with Crippen LogP contribution in [0, 0.1) is 0 Å². The van der Waals surface area contributed by atoms with Crippen molar-refractivity contribution in [2.24, 2.45) is 0 Å². The molecule has 9 heavy (non-hydrogen) atoms. The average molecular weight is 145 g/mol. The number of hydrogen-bond acceptors (Lipinski definition) is 1. The summed E-state index contributed by atoms with van der Waals surface area (Å²) in [5.74, 6) is 0. The van der Waals surface area contributed by atoms with Crippen LogP contribution in [0.4, 0.5) is 0 Å². The number of hydrogen-bond donors (Lipinski definition) is 0. The molecule has 0 spiro atoms. The Morgan fingerprint density at radius 2 is 2.56 bits per heavy atom. The summed E-state index contributed by atoms with van der Waals surface area (Å²) in [7, 11) is 0. The van der Waals surface area contributed by atoms with Crippen molar-refractivity contribution in [1.29, 1.82) is 0 Å². The predicted molar refractivity (Wildman–Crippen MR) is 37.5 cm³/mol. The minimum atomic E-state index is 0.719. The second-order valence-corrected chi connectivity index (χ2v) is 2.30. The van der Waals surface area contributed by atoms with E-state index in [0.29, 0.717) is 0 Å². The van der Waals surface area contributed by atoms with Gasteiger partial charge in [-0.15, -0.1) is 0 Å². The van der Waals surface area contributed by atoms with Gasteiger partial charge in [0.2, 0.25) is 0 Å². The fourth-order valence-corrected chi connectivity index (χ4v) is 0.895. The van der Waals surface area contributed by atoms with Crippen LogP contribution >= 0.6 is 11.6 Å². The van der Waals surface area contributed by atoms with Gasteiger partial charge in [0.1, 0.15) is 5.15 Å². The van der Waals surface area contributed by atoms with Gasteiger partial charge in [0.25, 0.3) is 0 Å². The third-order valence-corrected chi connectivity index (χ3v) is 1.44. The van der Waals surface area contributed by atoms with Crippen molar-refractivity contribution in [1.82, 2.24) is 9.55 Å². The third-order valence-electron chi connectivity index (χ3n) is 1.13. The van der Waals surface area contributed by atoms with Crippen molar-refractivity contribution < 1.29 is 0 Å². The molecule has 0 aromatic carbocycles. The lowest BCUT2D eigenvalue weighted by atomic mass is 10.5. The quantitative estimate of drug-likeness (QED) is 0.621. The molecule has 0 bridgehead atoms. The van der Waals surface area contributed by atoms with Gasteiger partial charge in [-0.05, 0) is 6.42 Å². The van der Waals surface area contributed by atoms with E-state index >= 15 is 0 Å². The molecule has 0 radical (unpaired) electrons. The van der Waals surface area contributed by atoms with Gasteiger partial charge in [-0.1, -0.05) is 18.5 Å². The lowest BCUT2D eigenvalue weighted by Gasteiger charge is -1.97. The van der Waals surface area contributed by atoms with Gasteiger partial charge in [0.15, 0.2) is 0 Å². The molecule has 0 atom stereocenters. The van der Waals surface area contributed by atoms with E-state index in [-0.39, 0.29) is 0 Å². The van der Waals surface area contributed by atoms with Crippen molar-refractivity contribution >= 4 is 11.6 Å². The van der Waals surface area contributed by atoms with Crippen molar-refractivity contribution in [2.45, 2.75) is 19.9 Å². The molecular formula is C6H9ClN2. The molecule has 3 heteroatoms. The zero-order valence-corrected chi connectivity index (χ0v) is 6.10. The van der Waals surface area contributed by atoms with Crippen molar-refractivity contribution in [2.75, 3.05) is 0 Å². The molecule has 0 N–H and O–H groups in total. The summed E-state index contributed by atoms with van der Waals surface area (Å²) in [6.45, 7) is 3.06. The lowest BCUT2D eigenvalue weighted by Crippen LogP contribution is -1.92. The Hall–Kier alpha value is -0.500. The van der Waals surface area contributed by atoms with Crippen LogP contribution in [0.15, 0.2) is 12.5 Å². The summed E-state index contributed by atoms with van der Waals surface area (Å²) in [5.41, 5.74) is 0. The molecule has 50 valence electrons. The molecule has 0 aliphatic rings. The van der Waals surface area contributed by atoms with Crippen LogP contribution in [-0.4, -0.2) is 9.55 Å². The van der Waals surface area contributed by atoms with Gasteiger partial charge in [-0.2, -0.15) is 0 Å². The van der Waals surface area contributed by atoms with E-state index in [2.05, 4.69) is 11.9 Å². The molecule has 0 fully saturated rings. The first-order chi connectivity index (χ1) is 4.34. The molecule has 2 nitrogen and oxygen atoms in total. The van der Waals surface area contributed by atoms with E-state index < -0.39 is 0 Å². The van der Waals surface area contributed by atoms with Gasteiger partial charge in [-0.3, -0.25) is 0 Å². The van der Waals surface area contributed by atoms with E-state index in [0.717, 1.165) is 18.1 Å². The lowest BCUT2D eigenvalue weighted by molar-refractivity contribution is 0.679. The summed E-state index contributed by atoms with van der Waals surface area (Å²) < 4.78 is 1.92. The number of halogens is 1. The van der Waals surface area contributed by atoms with Crippen LogP contribution in [0.3, 0.4) is 0 Å². The Bertz CT molecular complexity index is 183. The SMILES string of the molecule is CCCn1cncc1Cl. The summed E-state index contributed by atoms with van der Waals surface area (Å²) in [5, 5.41) is 0.719. The Morgan fingerprint density at radius 3 is 3.00 bits per heavy atom. The Labute approximate surface area is 59.5 Å². The number of rotatable bonds is 2. The van der Waals surface area contributed by atoms with Crippen LogP contribution in [0.5, 0.6) is 0 Å². The first-order valence-electron chi connectivity index (χ1n) is 3.00. The Kier molecular flexibility index (Phi) is 2.11. The second-order valence-electron chi connectivity index (χ2n) is 1.91. The predicted octanol–water partition coefficient (Wildman–Crippen LogP) is 1.95. The van der Waals surface area contributed by atoms with Gasteiger partial charge in [-0.25, -0.2) is 4.98 Å². The molecule has 1 heterocycles. The maximum Gasteiger partial charge on any atom is 0.128 e. The monoisotopic (exact) mass is 144 g/mol. The smallest absolute Gasteiger partial charge is 0.128 e. The average Bonchev–Trinajstić information content (AvgIpc) is 2.18. The van der Waals surface area contributed by atoms with E-state index in [1.165, 1.54) is 0 Å². The molecular weight excluding hydrogens is 136 g/mol. The van der Waals surface area contributed by atoms with Gasteiger partial charge in [0.05, 0.1) is 12.5 Å². The highest BCUT2D eigenvalue weighted by Gasteiger charge is 1.93. The maximum atomic E-state index is 5.72. The minimum Gasteiger partial charge on any atom is -0.322 e. The number of aryl methyl sites for hydroxylation is 1. The maximum absolute atomic E-state index is 5.72. The van der Waals surface area contributed by atoms with Gasteiger partial charge < -0.3 is 4.57 Å². The first kappa shape index (κ1) is 6.62. The highest BCUT2D eigenvalue weighted by molar-refractivity contribution is 6.29. The summed E-state index contributed by atoms with van der Waals surface area (Å²) in [4.78, 5) is 3.87. The number of imidazole rings is 1. The number of nitrogens with zero attached hydrogens (tertiary/aromatic N) is 2. The number of aromatic nitrogens is 2. The van der Waals surface area contributed by atoms with E-state index in [1.54, 1.807) is 12.5 Å². The summed E-state index contributed by atoms with van der Waals surface area (Å²) >= 11 is 5.72. The van der Waals surface area contributed by atoms with E-state index in [4.69, 9.17) is 11.6 Å². The molecule has 0 amide bonds. The molecule has 0 saturated heterocycles. The molecule has 0 aliphatic heterocycles. The van der Waals surface area contributed by atoms with Crippen LogP contribution in [0.2, 0.25) is 5.15 Å². The summed E-state index contributed by atoms with van der Waals surface area (Å²) in [6, 6.07) is 0. The van der Waals surface area contributed by atoms with E-state index in [9.17, 15) is 0 Å². The van der Waals surface area contributed by atoms with Gasteiger partial charge in [0, 0.05) is 6.54 Å². The zero-order valence-electron chi connectivity index (χ0n) is 5.34. The molecule has 0 aliphatic carbocycles. The molecule has 1 aromatic heterocycles. The van der Waals surface area contributed by atoms with Crippen LogP contribution in [0.25, 0.3) is 0 Å². The third kappa shape index (κ3) is 1.45. The van der Waals surface area contributed by atoms with Crippen LogP contribution < -0.4 is 0 Å². The topological polar surface area (TPSA) is 17.8 Å². The molecule has 0 unspecified atom stereocenters. The summed E-state index contributed by atoms with van der Waals surface area (Å²) in [6.07, 6.45) is 4.49. The van der Waals surface area contributed by atoms with Crippen LogP contribution in [0.1, 0.15) is 13.3 Å². The molecule has 1 rings (SSSR count). The fourth-order valence-electron chi connectivity index (χ4n) is 0.710. The first-order valence-corrected chi connectivity index (χ1v) is 3.38. The zero-order chi connectivity index (χ0) is 6.69. The van der Waals surface area contributed by atoms with E-state index in [1.807, 2.05) is 4.57 Å². The largest absolute Gasteiger partial charge is 0.322 e. The van der Waals surface area contributed by atoms with Gasteiger partial charge >= 0.3 is 0 Å². The standard InChI is InChI=1S/C6H9ClN2/c1-2-3-9-5-8-4-6(9)7/h4-5H,2-3H2,1H3. The Morgan fingerprint density at radius 1 is 1.78 bits per heavy atom. The fraction of sp³-hybridized carbons (Fsp3) is 0.500. The second kappa shape index (κ2) is 2.87. The highest BCUT2D eigenvalue weighted by Crippen LogP contribution is 2.06. The highest BCUT2D eigenvalue weighted by atomic mass is 35.5. The molecule has 1 aromatic rings. The van der Waals surface area contributed by atoms with Crippen molar-refractivity contribution in [3.63, 3.8) is 0 Å². The Balaban J connectivity index is 2.69. The normalized spacial score (nSPS) is 10.0. The molecule has 0 saturated carbocycles. The minimum absolute atomic E-state index is 0.719. The van der Waals surface area contributed by atoms with Crippen LogP contribution in [-0.2, 0) is 6.54 Å².